The summed E-state index contributed by atoms with van der Waals surface area (Å²) >= 11 is 0. The van der Waals surface area contributed by atoms with Crippen LogP contribution in [0.2, 0.25) is 0 Å². The highest BCUT2D eigenvalue weighted by Crippen LogP contribution is 2.14. The first-order valence-electron chi connectivity index (χ1n) is 4.36. The van der Waals surface area contributed by atoms with Crippen LogP contribution in [0.1, 0.15) is 20.3 Å². The fourth-order valence-corrected chi connectivity index (χ4v) is 1.35. The summed E-state index contributed by atoms with van der Waals surface area (Å²) in [7, 11) is 0. The molecule has 1 amide bonds. The van der Waals surface area contributed by atoms with Gasteiger partial charge in [0.25, 0.3) is 0 Å². The van der Waals surface area contributed by atoms with Gasteiger partial charge in [-0.25, -0.2) is 4.79 Å². The van der Waals surface area contributed by atoms with E-state index in [2.05, 4.69) is 5.32 Å². The van der Waals surface area contributed by atoms with Gasteiger partial charge in [0, 0.05) is 13.0 Å². The SMILES string of the molecule is CC(C)=CC1NC(=O)OC1CCO. The minimum Gasteiger partial charge on any atom is -0.444 e. The molecule has 1 aliphatic heterocycles. The zero-order valence-electron chi connectivity index (χ0n) is 7.91. The predicted molar refractivity (Wildman–Crippen MR) is 48.3 cm³/mol. The van der Waals surface area contributed by atoms with E-state index in [4.69, 9.17) is 9.84 Å². The molecule has 0 aromatic rings. The number of aliphatic hydroxyl groups excluding tert-OH is 1. The minimum atomic E-state index is -0.402. The van der Waals surface area contributed by atoms with Crippen molar-refractivity contribution in [1.82, 2.24) is 5.32 Å². The van der Waals surface area contributed by atoms with Crippen molar-refractivity contribution in [3.05, 3.63) is 11.6 Å². The highest BCUT2D eigenvalue weighted by molar-refractivity contribution is 5.70. The molecule has 0 aromatic heterocycles. The molecular weight excluding hydrogens is 170 g/mol. The molecule has 4 heteroatoms. The molecule has 0 aromatic carbocycles. The monoisotopic (exact) mass is 185 g/mol. The largest absolute Gasteiger partial charge is 0.444 e. The molecule has 2 unspecified atom stereocenters. The van der Waals surface area contributed by atoms with Crippen LogP contribution in [0.4, 0.5) is 4.79 Å². The number of nitrogens with one attached hydrogen (secondary N) is 1. The number of carbonyl (C=O) groups excluding carboxylic acids is 1. The molecule has 0 spiro atoms. The molecule has 1 rings (SSSR count). The Hall–Kier alpha value is -1.03. The van der Waals surface area contributed by atoms with Crippen LogP contribution in [0.5, 0.6) is 0 Å². The number of hydrogen-bond donors (Lipinski definition) is 2. The number of amides is 1. The van der Waals surface area contributed by atoms with E-state index in [1.165, 1.54) is 0 Å². The van der Waals surface area contributed by atoms with Gasteiger partial charge in [-0.3, -0.25) is 0 Å². The second-order valence-corrected chi connectivity index (χ2v) is 3.37. The summed E-state index contributed by atoms with van der Waals surface area (Å²) in [5, 5.41) is 11.4. The Morgan fingerprint density at radius 1 is 1.69 bits per heavy atom. The number of cyclic esters (lactones) is 1. The Morgan fingerprint density at radius 3 is 2.92 bits per heavy atom. The maximum absolute atomic E-state index is 10.9. The van der Waals surface area contributed by atoms with Gasteiger partial charge in [0.05, 0.1) is 6.04 Å². The van der Waals surface area contributed by atoms with Gasteiger partial charge in [0.1, 0.15) is 6.10 Å². The van der Waals surface area contributed by atoms with Gasteiger partial charge in [-0.2, -0.15) is 0 Å². The fraction of sp³-hybridized carbons (Fsp3) is 0.667. The lowest BCUT2D eigenvalue weighted by atomic mass is 10.1. The van der Waals surface area contributed by atoms with Crippen LogP contribution in [0.3, 0.4) is 0 Å². The van der Waals surface area contributed by atoms with Gasteiger partial charge < -0.3 is 15.2 Å². The second-order valence-electron chi connectivity index (χ2n) is 3.37. The number of rotatable bonds is 3. The first-order chi connectivity index (χ1) is 6.13. The highest BCUT2D eigenvalue weighted by Gasteiger charge is 2.31. The Bertz CT molecular complexity index is 221. The van der Waals surface area contributed by atoms with Gasteiger partial charge in [-0.15, -0.1) is 0 Å². The molecule has 2 atom stereocenters. The summed E-state index contributed by atoms with van der Waals surface area (Å²) in [6, 6.07) is -0.0929. The zero-order chi connectivity index (χ0) is 9.84. The molecular formula is C9H15NO3. The molecule has 1 fully saturated rings. The van der Waals surface area contributed by atoms with Crippen LogP contribution in [0, 0.1) is 0 Å². The summed E-state index contributed by atoms with van der Waals surface area (Å²) in [6.45, 7) is 3.95. The van der Waals surface area contributed by atoms with Crippen molar-refractivity contribution < 1.29 is 14.6 Å². The van der Waals surface area contributed by atoms with E-state index >= 15 is 0 Å². The van der Waals surface area contributed by atoms with Crippen LogP contribution in [0.25, 0.3) is 0 Å². The van der Waals surface area contributed by atoms with Crippen molar-refractivity contribution in [3.63, 3.8) is 0 Å². The molecule has 0 radical (unpaired) electrons. The quantitative estimate of drug-likeness (QED) is 0.640. The maximum Gasteiger partial charge on any atom is 0.408 e. The van der Waals surface area contributed by atoms with Crippen LogP contribution in [-0.4, -0.2) is 30.0 Å². The summed E-state index contributed by atoms with van der Waals surface area (Å²) in [5.74, 6) is 0. The van der Waals surface area contributed by atoms with Gasteiger partial charge in [-0.1, -0.05) is 11.6 Å². The molecule has 1 saturated heterocycles. The topological polar surface area (TPSA) is 58.6 Å². The third kappa shape index (κ3) is 2.73. The lowest BCUT2D eigenvalue weighted by molar-refractivity contribution is 0.115. The van der Waals surface area contributed by atoms with Gasteiger partial charge >= 0.3 is 6.09 Å². The molecule has 1 aliphatic rings. The zero-order valence-corrected chi connectivity index (χ0v) is 7.91. The van der Waals surface area contributed by atoms with Crippen LogP contribution in [-0.2, 0) is 4.74 Å². The van der Waals surface area contributed by atoms with Gasteiger partial charge in [0.15, 0.2) is 0 Å². The number of alkyl carbamates (subject to hydrolysis) is 1. The van der Waals surface area contributed by atoms with E-state index in [9.17, 15) is 4.79 Å². The average Bonchev–Trinajstić information content (AvgIpc) is 2.31. The van der Waals surface area contributed by atoms with Gasteiger partial charge in [0.2, 0.25) is 0 Å². The smallest absolute Gasteiger partial charge is 0.408 e. The Labute approximate surface area is 77.6 Å². The molecule has 1 heterocycles. The Kier molecular flexibility index (Phi) is 3.31. The highest BCUT2D eigenvalue weighted by atomic mass is 16.6. The maximum atomic E-state index is 10.9. The second kappa shape index (κ2) is 4.28. The average molecular weight is 185 g/mol. The molecule has 0 aliphatic carbocycles. The van der Waals surface area contributed by atoms with E-state index in [1.807, 2.05) is 19.9 Å². The molecule has 0 bridgehead atoms. The summed E-state index contributed by atoms with van der Waals surface area (Å²) < 4.78 is 4.96. The molecule has 2 N–H and O–H groups in total. The van der Waals surface area contributed by atoms with Crippen molar-refractivity contribution >= 4 is 6.09 Å². The predicted octanol–water partition coefficient (Wildman–Crippen LogP) is 0.812. The Balaban J connectivity index is 2.60. The summed E-state index contributed by atoms with van der Waals surface area (Å²) in [4.78, 5) is 10.9. The van der Waals surface area contributed by atoms with Crippen molar-refractivity contribution in [2.24, 2.45) is 0 Å². The lowest BCUT2D eigenvalue weighted by Crippen LogP contribution is -2.30. The van der Waals surface area contributed by atoms with E-state index in [1.54, 1.807) is 0 Å². The molecule has 74 valence electrons. The third-order valence-corrected chi connectivity index (χ3v) is 1.87. The van der Waals surface area contributed by atoms with Crippen molar-refractivity contribution in [2.45, 2.75) is 32.4 Å². The summed E-state index contributed by atoms with van der Waals surface area (Å²) in [5.41, 5.74) is 1.12. The molecule has 13 heavy (non-hydrogen) atoms. The number of aliphatic hydroxyl groups is 1. The van der Waals surface area contributed by atoms with Crippen molar-refractivity contribution in [3.8, 4) is 0 Å². The van der Waals surface area contributed by atoms with Gasteiger partial charge in [-0.05, 0) is 13.8 Å². The van der Waals surface area contributed by atoms with E-state index < -0.39 is 6.09 Å². The van der Waals surface area contributed by atoms with Crippen molar-refractivity contribution in [1.29, 1.82) is 0 Å². The van der Waals surface area contributed by atoms with E-state index in [0.717, 1.165) is 5.57 Å². The normalized spacial score (nSPS) is 26.5. The standard InChI is InChI=1S/C9H15NO3/c1-6(2)5-7-8(3-4-11)13-9(12)10-7/h5,7-8,11H,3-4H2,1-2H3,(H,10,12). The number of hydrogen-bond acceptors (Lipinski definition) is 3. The first kappa shape index (κ1) is 10.1. The van der Waals surface area contributed by atoms with E-state index in [-0.39, 0.29) is 18.8 Å². The van der Waals surface area contributed by atoms with Crippen LogP contribution < -0.4 is 5.32 Å². The van der Waals surface area contributed by atoms with Crippen LogP contribution in [0.15, 0.2) is 11.6 Å². The lowest BCUT2D eigenvalue weighted by Gasteiger charge is -2.12. The number of ether oxygens (including phenoxy) is 1. The first-order valence-corrected chi connectivity index (χ1v) is 4.36. The number of allylic oxidation sites excluding steroid dienone is 1. The van der Waals surface area contributed by atoms with Crippen molar-refractivity contribution in [2.75, 3.05) is 6.61 Å². The number of carbonyl (C=O) groups is 1. The fourth-order valence-electron chi connectivity index (χ4n) is 1.35. The molecule has 4 nitrogen and oxygen atoms in total. The Morgan fingerprint density at radius 2 is 2.38 bits per heavy atom. The summed E-state index contributed by atoms with van der Waals surface area (Å²) in [6.07, 6.45) is 1.78. The van der Waals surface area contributed by atoms with Crippen LogP contribution >= 0.6 is 0 Å². The minimum absolute atomic E-state index is 0.0345. The molecule has 0 saturated carbocycles. The van der Waals surface area contributed by atoms with E-state index in [0.29, 0.717) is 6.42 Å². The third-order valence-electron chi connectivity index (χ3n) is 1.87.